The van der Waals surface area contributed by atoms with E-state index < -0.39 is 121 Å². The van der Waals surface area contributed by atoms with E-state index in [2.05, 4.69) is 42.2 Å². The number of carbonyl (C=O) groups is 10. The number of likely N-dealkylation sites (tertiary alicyclic amines) is 1. The molecule has 0 spiro atoms. The van der Waals surface area contributed by atoms with E-state index in [1.165, 1.54) is 6.92 Å². The molecule has 0 saturated carbocycles. The number of aromatic amines is 1. The van der Waals surface area contributed by atoms with Gasteiger partial charge in [-0.05, 0) is 55.7 Å². The standard InChI is InChI=1S/C47H62N10O13/c1-24(2)18-32(52-41(64)30-15-16-37(60)50-30)44(67)56-39(25(3)59)46(69)54-33(19-26-10-5-4-6-11-26)42(65)55-35(23-58)47(70)57-17-9-14-36(57)45(68)53-34(21-38(61)62)43(66)51-31(40(48)63)20-27-22-49-29-13-8-7-12-28(27)29/h4-8,10-13,22,24-25,30-36,39,49,58-59H,9,14-21,23H2,1-3H3,(H2,48,63)(H,50,60)(H,51,66)(H,52,64)(H,53,68)(H,54,69)(H,55,65)(H,56,67)(H,61,62)/t25-,30-,31?,32+,33+,34?,35+,36+,39+/m1/s1. The zero-order valence-electron chi connectivity index (χ0n) is 39.1. The summed E-state index contributed by atoms with van der Waals surface area (Å²) >= 11 is 0. The summed E-state index contributed by atoms with van der Waals surface area (Å²) in [5.74, 6) is -9.11. The number of carbonyl (C=O) groups excluding carboxylic acids is 9. The van der Waals surface area contributed by atoms with Crippen molar-refractivity contribution in [3.05, 3.63) is 71.9 Å². The van der Waals surface area contributed by atoms with E-state index >= 15 is 0 Å². The van der Waals surface area contributed by atoms with E-state index in [1.54, 1.807) is 68.6 Å². The van der Waals surface area contributed by atoms with Gasteiger partial charge >= 0.3 is 5.97 Å². The van der Waals surface area contributed by atoms with Crippen molar-refractivity contribution in [1.82, 2.24) is 47.1 Å². The highest BCUT2D eigenvalue weighted by molar-refractivity contribution is 5.99. The molecule has 13 N–H and O–H groups in total. The summed E-state index contributed by atoms with van der Waals surface area (Å²) in [5, 5.41) is 49.0. The molecular weight excluding hydrogens is 913 g/mol. The van der Waals surface area contributed by atoms with Gasteiger partial charge in [0.2, 0.25) is 53.2 Å². The van der Waals surface area contributed by atoms with Gasteiger partial charge in [0.15, 0.2) is 0 Å². The van der Waals surface area contributed by atoms with Crippen molar-refractivity contribution in [3.63, 3.8) is 0 Å². The maximum absolute atomic E-state index is 14.1. The fraction of sp³-hybridized carbons (Fsp3) is 0.489. The maximum Gasteiger partial charge on any atom is 0.305 e. The largest absolute Gasteiger partial charge is 0.481 e. The van der Waals surface area contributed by atoms with E-state index in [0.717, 1.165) is 15.8 Å². The first-order valence-corrected chi connectivity index (χ1v) is 23.1. The first-order chi connectivity index (χ1) is 33.3. The Kier molecular flexibility index (Phi) is 18.9. The number of benzene rings is 2. The number of rotatable bonds is 24. The van der Waals surface area contributed by atoms with Gasteiger partial charge in [-0.1, -0.05) is 62.4 Å². The number of fused-ring (bicyclic) bond motifs is 1. The normalized spacial score (nSPS) is 18.5. The first kappa shape index (κ1) is 53.6. The second kappa shape index (κ2) is 24.8. The van der Waals surface area contributed by atoms with E-state index in [4.69, 9.17) is 5.73 Å². The zero-order valence-corrected chi connectivity index (χ0v) is 39.1. The summed E-state index contributed by atoms with van der Waals surface area (Å²) in [6, 6.07) is 4.39. The first-order valence-electron chi connectivity index (χ1n) is 23.1. The highest BCUT2D eigenvalue weighted by atomic mass is 16.4. The number of para-hydroxylation sites is 1. The van der Waals surface area contributed by atoms with Crippen LogP contribution in [0.4, 0.5) is 0 Å². The minimum atomic E-state index is -1.72. The van der Waals surface area contributed by atoms with Crippen molar-refractivity contribution in [3.8, 4) is 0 Å². The Morgan fingerprint density at radius 1 is 0.743 bits per heavy atom. The molecule has 0 aliphatic carbocycles. The molecule has 0 radical (unpaired) electrons. The highest BCUT2D eigenvalue weighted by Crippen LogP contribution is 2.21. The molecule has 0 bridgehead atoms. The van der Waals surface area contributed by atoms with Gasteiger partial charge in [-0.25, -0.2) is 0 Å². The van der Waals surface area contributed by atoms with Crippen LogP contribution in [0.25, 0.3) is 10.9 Å². The van der Waals surface area contributed by atoms with Gasteiger partial charge in [0, 0.05) is 42.9 Å². The Balaban J connectivity index is 1.27. The number of H-pyrrole nitrogens is 1. The molecule has 2 aliphatic rings. The minimum absolute atomic E-state index is 0.0407. The smallest absolute Gasteiger partial charge is 0.305 e. The number of carboxylic acids is 1. The van der Waals surface area contributed by atoms with Crippen LogP contribution in [0.3, 0.4) is 0 Å². The molecule has 9 atom stereocenters. The fourth-order valence-electron chi connectivity index (χ4n) is 8.39. The summed E-state index contributed by atoms with van der Waals surface area (Å²) in [4.78, 5) is 136. The Morgan fingerprint density at radius 3 is 2.00 bits per heavy atom. The SMILES string of the molecule is CC(C)C[C@H](NC(=O)[C@H]1CCC(=O)N1)C(=O)N[C@H](C(=O)N[C@@H](Cc1ccccc1)C(=O)N[C@@H](CO)C(=O)N1CCC[C@H]1C(=O)NC(CC(=O)O)C(=O)NC(Cc1c[nH]c2ccccc12)C(N)=O)[C@@H](C)O. The molecule has 5 rings (SSSR count). The molecule has 3 heterocycles. The van der Waals surface area contributed by atoms with Gasteiger partial charge in [0.25, 0.3) is 0 Å². The van der Waals surface area contributed by atoms with Crippen LogP contribution in [0.2, 0.25) is 0 Å². The van der Waals surface area contributed by atoms with Crippen LogP contribution < -0.4 is 43.0 Å². The average molecular weight is 975 g/mol. The summed E-state index contributed by atoms with van der Waals surface area (Å²) in [5.41, 5.74) is 7.57. The number of nitrogens with two attached hydrogens (primary N) is 1. The van der Waals surface area contributed by atoms with Crippen LogP contribution >= 0.6 is 0 Å². The molecule has 2 aromatic carbocycles. The topological polar surface area (TPSA) is 361 Å². The Labute approximate surface area is 402 Å². The summed E-state index contributed by atoms with van der Waals surface area (Å²) in [6.07, 6.45) is -0.227. The second-order valence-corrected chi connectivity index (χ2v) is 17.9. The number of aliphatic hydroxyl groups is 2. The lowest BCUT2D eigenvalue weighted by Crippen LogP contribution is -2.62. The van der Waals surface area contributed by atoms with Gasteiger partial charge < -0.3 is 68.2 Å². The molecule has 1 aromatic heterocycles. The molecule has 378 valence electrons. The lowest BCUT2D eigenvalue weighted by atomic mass is 10.0. The molecule has 2 aliphatic heterocycles. The Hall–Kier alpha value is -7.40. The number of amides is 9. The number of primary amides is 1. The molecular formula is C47H62N10O13. The van der Waals surface area contributed by atoms with Gasteiger partial charge in [-0.2, -0.15) is 0 Å². The number of aromatic nitrogens is 1. The number of aliphatic hydroxyl groups excluding tert-OH is 2. The molecule has 3 aromatic rings. The molecule has 2 unspecified atom stereocenters. The van der Waals surface area contributed by atoms with Crippen LogP contribution in [-0.4, -0.2) is 152 Å². The van der Waals surface area contributed by atoms with Gasteiger partial charge in [-0.15, -0.1) is 0 Å². The zero-order chi connectivity index (χ0) is 51.2. The van der Waals surface area contributed by atoms with Crippen LogP contribution in [0.15, 0.2) is 60.8 Å². The van der Waals surface area contributed by atoms with E-state index in [9.17, 15) is 63.3 Å². The van der Waals surface area contributed by atoms with E-state index in [1.807, 2.05) is 6.07 Å². The lowest BCUT2D eigenvalue weighted by molar-refractivity contribution is -0.144. The van der Waals surface area contributed by atoms with Gasteiger partial charge in [0.05, 0.1) is 19.1 Å². The van der Waals surface area contributed by atoms with Crippen molar-refractivity contribution in [2.75, 3.05) is 13.2 Å². The second-order valence-electron chi connectivity index (χ2n) is 17.9. The number of hydrogen-bond donors (Lipinski definition) is 12. The van der Waals surface area contributed by atoms with Gasteiger partial charge in [-0.3, -0.25) is 47.9 Å². The Morgan fingerprint density at radius 2 is 1.37 bits per heavy atom. The number of carboxylic acid groups (broad SMARTS) is 1. The summed E-state index contributed by atoms with van der Waals surface area (Å²) in [6.45, 7) is 3.81. The van der Waals surface area contributed by atoms with Crippen molar-refractivity contribution in [2.24, 2.45) is 11.7 Å². The molecule has 23 heteroatoms. The number of hydrogen-bond acceptors (Lipinski definition) is 12. The molecule has 2 fully saturated rings. The number of nitrogens with zero attached hydrogens (tertiary/aromatic N) is 1. The van der Waals surface area contributed by atoms with Crippen molar-refractivity contribution in [2.45, 2.75) is 127 Å². The van der Waals surface area contributed by atoms with Crippen LogP contribution in [0, 0.1) is 5.92 Å². The third kappa shape index (κ3) is 14.6. The van der Waals surface area contributed by atoms with Crippen molar-refractivity contribution in [1.29, 1.82) is 0 Å². The Bertz CT molecular complexity index is 2410. The molecule has 9 amide bonds. The lowest BCUT2D eigenvalue weighted by Gasteiger charge is -2.30. The quantitative estimate of drug-likeness (QED) is 0.0443. The van der Waals surface area contributed by atoms with Crippen molar-refractivity contribution < 1.29 is 63.3 Å². The predicted molar refractivity (Wildman–Crippen MR) is 249 cm³/mol. The third-order valence-corrected chi connectivity index (χ3v) is 12.0. The summed E-state index contributed by atoms with van der Waals surface area (Å²) in [7, 11) is 0. The third-order valence-electron chi connectivity index (χ3n) is 12.0. The molecule has 70 heavy (non-hydrogen) atoms. The minimum Gasteiger partial charge on any atom is -0.481 e. The number of nitrogens with one attached hydrogen (secondary N) is 8. The monoisotopic (exact) mass is 974 g/mol. The number of aliphatic carboxylic acids is 1. The fourth-order valence-corrected chi connectivity index (χ4v) is 8.39. The van der Waals surface area contributed by atoms with E-state index in [0.29, 0.717) is 11.1 Å². The maximum atomic E-state index is 14.1. The predicted octanol–water partition coefficient (Wildman–Crippen LogP) is -2.49. The van der Waals surface area contributed by atoms with Crippen molar-refractivity contribution >= 4 is 70.0 Å². The molecule has 2 saturated heterocycles. The van der Waals surface area contributed by atoms with Crippen LogP contribution in [-0.2, 0) is 60.8 Å². The van der Waals surface area contributed by atoms with E-state index in [-0.39, 0.29) is 63.3 Å². The van der Waals surface area contributed by atoms with Crippen LogP contribution in [0.5, 0.6) is 0 Å². The van der Waals surface area contributed by atoms with Crippen LogP contribution in [0.1, 0.15) is 70.4 Å². The highest BCUT2D eigenvalue weighted by Gasteiger charge is 2.41. The molecule has 23 nitrogen and oxygen atoms in total. The summed E-state index contributed by atoms with van der Waals surface area (Å²) < 4.78 is 0. The van der Waals surface area contributed by atoms with Gasteiger partial charge in [0.1, 0.15) is 48.3 Å². The average Bonchev–Trinajstić information content (AvgIpc) is 4.09.